The van der Waals surface area contributed by atoms with Gasteiger partial charge in [-0.25, -0.2) is 14.5 Å². The van der Waals surface area contributed by atoms with Gasteiger partial charge < -0.3 is 20.3 Å². The molecule has 1 saturated heterocycles. The van der Waals surface area contributed by atoms with Crippen molar-refractivity contribution in [2.75, 3.05) is 18.9 Å². The van der Waals surface area contributed by atoms with Crippen molar-refractivity contribution < 1.29 is 23.9 Å². The molecule has 1 spiro atoms. The van der Waals surface area contributed by atoms with Gasteiger partial charge in [0.1, 0.15) is 12.1 Å². The van der Waals surface area contributed by atoms with E-state index in [-0.39, 0.29) is 30.9 Å². The highest BCUT2D eigenvalue weighted by atomic mass is 16.6. The van der Waals surface area contributed by atoms with Crippen molar-refractivity contribution in [3.63, 3.8) is 0 Å². The highest BCUT2D eigenvalue weighted by Gasteiger charge is 2.51. The summed E-state index contributed by atoms with van der Waals surface area (Å²) in [5.41, 5.74) is 3.31. The maximum atomic E-state index is 13.6. The van der Waals surface area contributed by atoms with Crippen LogP contribution in [-0.2, 0) is 39.3 Å². The Morgan fingerprint density at radius 3 is 2.74 bits per heavy atom. The van der Waals surface area contributed by atoms with Gasteiger partial charge in [0.25, 0.3) is 0 Å². The number of aryl methyl sites for hydroxylation is 2. The molecule has 1 unspecified atom stereocenters. The first-order chi connectivity index (χ1) is 18.4. The number of pyridine rings is 1. The molecule has 2 aliphatic carbocycles. The molecule has 2 fully saturated rings. The zero-order valence-corrected chi connectivity index (χ0v) is 21.4. The number of carbonyl (C=O) groups is 4. The van der Waals surface area contributed by atoms with Gasteiger partial charge in [0, 0.05) is 25.0 Å². The molecule has 10 nitrogen and oxygen atoms in total. The van der Waals surface area contributed by atoms with E-state index in [1.807, 2.05) is 17.0 Å². The predicted molar refractivity (Wildman–Crippen MR) is 137 cm³/mol. The van der Waals surface area contributed by atoms with Crippen LogP contribution in [0, 0.1) is 5.92 Å². The van der Waals surface area contributed by atoms with Crippen LogP contribution in [0.15, 0.2) is 36.5 Å². The van der Waals surface area contributed by atoms with E-state index in [0.717, 1.165) is 53.0 Å². The SMILES string of the molecule is CNC(=O)Nc1ccc2c(c1)CC[C@@]21CC(=O)N(CC(=O)N2Cc3ncccc3CCC2C2CC2)C(=O)O1. The Morgan fingerprint density at radius 2 is 1.97 bits per heavy atom. The van der Waals surface area contributed by atoms with Crippen LogP contribution < -0.4 is 10.6 Å². The molecule has 5 amide bonds. The molecule has 4 aliphatic rings. The molecular formula is C28H31N5O5. The number of benzene rings is 1. The average Bonchev–Trinajstić information content (AvgIpc) is 3.71. The van der Waals surface area contributed by atoms with Gasteiger partial charge in [-0.15, -0.1) is 0 Å². The molecule has 1 saturated carbocycles. The number of hydrogen-bond acceptors (Lipinski definition) is 6. The predicted octanol–water partition coefficient (Wildman–Crippen LogP) is 3.10. The van der Waals surface area contributed by atoms with Crippen LogP contribution in [0.25, 0.3) is 0 Å². The number of aromatic nitrogens is 1. The summed E-state index contributed by atoms with van der Waals surface area (Å²) in [6, 6.07) is 9.11. The Hall–Kier alpha value is -3.95. The highest BCUT2D eigenvalue weighted by molar-refractivity contribution is 5.99. The third-order valence-electron chi connectivity index (χ3n) is 8.31. The van der Waals surface area contributed by atoms with Gasteiger partial charge in [-0.05, 0) is 79.3 Å². The molecule has 2 N–H and O–H groups in total. The lowest BCUT2D eigenvalue weighted by Crippen LogP contribution is -2.54. The fourth-order valence-corrected chi connectivity index (χ4v) is 6.18. The van der Waals surface area contributed by atoms with Crippen molar-refractivity contribution in [3.05, 3.63) is 58.9 Å². The number of fused-ring (bicyclic) bond motifs is 3. The van der Waals surface area contributed by atoms with Gasteiger partial charge in [0.2, 0.25) is 11.8 Å². The quantitative estimate of drug-likeness (QED) is 0.643. The van der Waals surface area contributed by atoms with Crippen LogP contribution in [0.1, 0.15) is 54.5 Å². The van der Waals surface area contributed by atoms with E-state index in [4.69, 9.17) is 4.74 Å². The molecule has 10 heteroatoms. The molecular weight excluding hydrogens is 486 g/mol. The summed E-state index contributed by atoms with van der Waals surface area (Å²) >= 11 is 0. The van der Waals surface area contributed by atoms with Crippen molar-refractivity contribution in [3.8, 4) is 0 Å². The molecule has 6 rings (SSSR count). The number of carbonyl (C=O) groups excluding carboxylic acids is 4. The third-order valence-corrected chi connectivity index (χ3v) is 8.31. The Balaban J connectivity index is 1.18. The van der Waals surface area contributed by atoms with Crippen LogP contribution in [0.2, 0.25) is 0 Å². The second-order valence-electron chi connectivity index (χ2n) is 10.7. The highest BCUT2D eigenvalue weighted by Crippen LogP contribution is 2.46. The van der Waals surface area contributed by atoms with E-state index in [1.165, 1.54) is 7.05 Å². The van der Waals surface area contributed by atoms with Gasteiger partial charge >= 0.3 is 12.1 Å². The minimum Gasteiger partial charge on any atom is -0.437 e. The summed E-state index contributed by atoms with van der Waals surface area (Å²) in [5.74, 6) is -0.206. The fourth-order valence-electron chi connectivity index (χ4n) is 6.18. The van der Waals surface area contributed by atoms with Crippen LogP contribution in [-0.4, -0.2) is 58.4 Å². The summed E-state index contributed by atoms with van der Waals surface area (Å²) in [4.78, 5) is 59.0. The van der Waals surface area contributed by atoms with E-state index in [9.17, 15) is 19.2 Å². The van der Waals surface area contributed by atoms with Crippen LogP contribution in [0.5, 0.6) is 0 Å². The van der Waals surface area contributed by atoms with Gasteiger partial charge in [-0.2, -0.15) is 0 Å². The zero-order valence-electron chi connectivity index (χ0n) is 21.4. The maximum absolute atomic E-state index is 13.6. The number of rotatable bonds is 4. The number of nitrogens with one attached hydrogen (secondary N) is 2. The molecule has 38 heavy (non-hydrogen) atoms. The first-order valence-corrected chi connectivity index (χ1v) is 13.2. The van der Waals surface area contributed by atoms with Crippen molar-refractivity contribution in [2.24, 2.45) is 5.92 Å². The topological polar surface area (TPSA) is 121 Å². The van der Waals surface area contributed by atoms with Crippen LogP contribution in [0.3, 0.4) is 0 Å². The number of anilines is 1. The van der Waals surface area contributed by atoms with Crippen LogP contribution in [0.4, 0.5) is 15.3 Å². The minimum atomic E-state index is -1.05. The summed E-state index contributed by atoms with van der Waals surface area (Å²) < 4.78 is 5.93. The lowest BCUT2D eigenvalue weighted by Gasteiger charge is -2.39. The van der Waals surface area contributed by atoms with E-state index >= 15 is 0 Å². The molecule has 3 heterocycles. The molecule has 198 valence electrons. The van der Waals surface area contributed by atoms with Crippen molar-refractivity contribution in [2.45, 2.75) is 63.1 Å². The first-order valence-electron chi connectivity index (χ1n) is 13.2. The lowest BCUT2D eigenvalue weighted by molar-refractivity contribution is -0.151. The monoisotopic (exact) mass is 517 g/mol. The molecule has 0 bridgehead atoms. The van der Waals surface area contributed by atoms with Crippen LogP contribution >= 0.6 is 0 Å². The number of imide groups is 1. The Kier molecular flexibility index (Phi) is 6.04. The number of nitrogens with zero attached hydrogens (tertiary/aromatic N) is 3. The lowest BCUT2D eigenvalue weighted by atomic mass is 9.90. The zero-order chi connectivity index (χ0) is 26.4. The second-order valence-corrected chi connectivity index (χ2v) is 10.7. The molecule has 1 aromatic heterocycles. The molecule has 1 aromatic carbocycles. The Labute approximate surface area is 220 Å². The standard InChI is InChI=1S/C28H31N5O5/c1-29-26(36)31-20-7-8-21-19(13-20)10-11-28(21)14-24(34)33(27(37)38-28)16-25(35)32-15-22-17(3-2-12-30-22)6-9-23(32)18-4-5-18/h2-3,7-8,12-13,18,23H,4-6,9-11,14-16H2,1H3,(H2,29,31,36)/t23?,28-/m1/s1. The van der Waals surface area contributed by atoms with Gasteiger partial charge in [0.05, 0.1) is 18.7 Å². The van der Waals surface area contributed by atoms with Gasteiger partial charge in [-0.1, -0.05) is 12.1 Å². The average molecular weight is 518 g/mol. The van der Waals surface area contributed by atoms with E-state index in [1.54, 1.807) is 18.3 Å². The molecule has 2 atom stereocenters. The number of amides is 5. The Bertz CT molecular complexity index is 1300. The first kappa shape index (κ1) is 24.4. The third kappa shape index (κ3) is 4.37. The largest absolute Gasteiger partial charge is 0.437 e. The number of ether oxygens (including phenoxy) is 1. The summed E-state index contributed by atoms with van der Waals surface area (Å²) in [5, 5.41) is 5.25. The number of hydrogen-bond donors (Lipinski definition) is 2. The molecule has 2 aromatic rings. The Morgan fingerprint density at radius 1 is 1.13 bits per heavy atom. The normalized spacial score (nSPS) is 24.4. The van der Waals surface area contributed by atoms with E-state index < -0.39 is 17.6 Å². The number of urea groups is 1. The van der Waals surface area contributed by atoms with Crippen molar-refractivity contribution in [1.29, 1.82) is 0 Å². The van der Waals surface area contributed by atoms with E-state index in [0.29, 0.717) is 31.0 Å². The summed E-state index contributed by atoms with van der Waals surface area (Å²) in [6.45, 7) is 0.0535. The van der Waals surface area contributed by atoms with E-state index in [2.05, 4.69) is 21.7 Å². The fraction of sp³-hybridized carbons (Fsp3) is 0.464. The molecule has 2 aliphatic heterocycles. The summed E-state index contributed by atoms with van der Waals surface area (Å²) in [7, 11) is 1.54. The van der Waals surface area contributed by atoms with Gasteiger partial charge in [0.15, 0.2) is 0 Å². The van der Waals surface area contributed by atoms with Gasteiger partial charge in [-0.3, -0.25) is 14.6 Å². The molecule has 0 radical (unpaired) electrons. The minimum absolute atomic E-state index is 0.0162. The van der Waals surface area contributed by atoms with Crippen molar-refractivity contribution >= 4 is 29.6 Å². The smallest absolute Gasteiger partial charge is 0.417 e. The second kappa shape index (κ2) is 9.41. The maximum Gasteiger partial charge on any atom is 0.417 e. The summed E-state index contributed by atoms with van der Waals surface area (Å²) in [6.07, 6.45) is 5.91. The van der Waals surface area contributed by atoms with Crippen molar-refractivity contribution in [1.82, 2.24) is 20.1 Å².